The lowest BCUT2D eigenvalue weighted by Gasteiger charge is -2.17. The Hall–Kier alpha value is -1.16. The van der Waals surface area contributed by atoms with Gasteiger partial charge in [-0.25, -0.2) is 0 Å². The Bertz CT molecular complexity index is 484. The van der Waals surface area contributed by atoms with Gasteiger partial charge in [-0.3, -0.25) is 4.98 Å². The molecule has 0 radical (unpaired) electrons. The van der Waals surface area contributed by atoms with Gasteiger partial charge in [-0.05, 0) is 17.7 Å². The van der Waals surface area contributed by atoms with Crippen molar-refractivity contribution in [1.82, 2.24) is 4.98 Å². The summed E-state index contributed by atoms with van der Waals surface area (Å²) in [4.78, 5) is 4.18. The number of fused-ring (bicyclic) bond motifs is 1. The zero-order chi connectivity index (χ0) is 11.5. The van der Waals surface area contributed by atoms with E-state index in [0.717, 1.165) is 10.9 Å². The normalized spacial score (nSPS) is 14.9. The lowest BCUT2D eigenvalue weighted by Crippen LogP contribution is -2.19. The first kappa shape index (κ1) is 11.3. The molecule has 2 rings (SSSR count). The number of benzene rings is 1. The van der Waals surface area contributed by atoms with Crippen molar-refractivity contribution in [2.24, 2.45) is 0 Å². The zero-order valence-corrected chi connectivity index (χ0v) is 9.30. The van der Waals surface area contributed by atoms with Crippen LogP contribution in [0.4, 0.5) is 0 Å². The Morgan fingerprint density at radius 2 is 2.00 bits per heavy atom. The summed E-state index contributed by atoms with van der Waals surface area (Å²) < 4.78 is 0. The highest BCUT2D eigenvalue weighted by Gasteiger charge is 2.19. The quantitative estimate of drug-likeness (QED) is 0.802. The molecule has 0 spiro atoms. The van der Waals surface area contributed by atoms with E-state index in [9.17, 15) is 10.2 Å². The number of hydrogen-bond acceptors (Lipinski definition) is 3. The Morgan fingerprint density at radius 3 is 2.75 bits per heavy atom. The average molecular weight is 238 g/mol. The molecule has 84 valence electrons. The summed E-state index contributed by atoms with van der Waals surface area (Å²) in [5.41, 5.74) is 1.44. The Labute approximate surface area is 98.3 Å². The second-order valence-corrected chi connectivity index (χ2v) is 3.89. The van der Waals surface area contributed by atoms with E-state index in [1.165, 1.54) is 0 Å². The van der Waals surface area contributed by atoms with Crippen molar-refractivity contribution < 1.29 is 10.2 Å². The number of aliphatic hydroxyl groups excluding tert-OH is 2. The molecule has 2 unspecified atom stereocenters. The molecule has 4 heteroatoms. The minimum absolute atomic E-state index is 0.00217. The van der Waals surface area contributed by atoms with Crippen molar-refractivity contribution in [3.05, 3.63) is 42.1 Å². The monoisotopic (exact) mass is 237 g/mol. The summed E-state index contributed by atoms with van der Waals surface area (Å²) in [6.07, 6.45) is -0.255. The first-order valence-electron chi connectivity index (χ1n) is 5.00. The lowest BCUT2D eigenvalue weighted by molar-refractivity contribution is 0.0336. The number of alkyl halides is 1. The fourth-order valence-corrected chi connectivity index (χ4v) is 1.85. The van der Waals surface area contributed by atoms with Crippen LogP contribution in [-0.2, 0) is 0 Å². The molecule has 2 aromatic rings. The summed E-state index contributed by atoms with van der Waals surface area (Å²) in [6, 6.07) is 9.09. The van der Waals surface area contributed by atoms with Crippen LogP contribution >= 0.6 is 11.6 Å². The molecule has 16 heavy (non-hydrogen) atoms. The van der Waals surface area contributed by atoms with E-state index in [0.29, 0.717) is 5.56 Å². The molecule has 3 nitrogen and oxygen atoms in total. The molecule has 2 N–H and O–H groups in total. The van der Waals surface area contributed by atoms with Crippen molar-refractivity contribution in [3.8, 4) is 0 Å². The molecule has 0 amide bonds. The van der Waals surface area contributed by atoms with Gasteiger partial charge in [-0.2, -0.15) is 0 Å². The molecule has 0 saturated carbocycles. The number of rotatable bonds is 3. The third kappa shape index (κ3) is 2.02. The summed E-state index contributed by atoms with van der Waals surface area (Å²) in [5, 5.41) is 20.3. The van der Waals surface area contributed by atoms with Crippen LogP contribution in [0.3, 0.4) is 0 Å². The fourth-order valence-electron chi connectivity index (χ4n) is 1.68. The second kappa shape index (κ2) is 4.78. The van der Waals surface area contributed by atoms with Crippen LogP contribution in [0.5, 0.6) is 0 Å². The molecular formula is C12H12ClNO2. The molecule has 0 aliphatic rings. The van der Waals surface area contributed by atoms with Gasteiger partial charge in [0.25, 0.3) is 0 Å². The summed E-state index contributed by atoms with van der Waals surface area (Å²) >= 11 is 5.52. The van der Waals surface area contributed by atoms with Gasteiger partial charge in [0.15, 0.2) is 0 Å². The Balaban J connectivity index is 2.52. The molecule has 0 saturated heterocycles. The molecule has 1 aromatic heterocycles. The van der Waals surface area contributed by atoms with E-state index < -0.39 is 12.2 Å². The third-order valence-electron chi connectivity index (χ3n) is 2.52. The predicted molar refractivity (Wildman–Crippen MR) is 63.4 cm³/mol. The first-order valence-corrected chi connectivity index (χ1v) is 5.53. The highest BCUT2D eigenvalue weighted by Crippen LogP contribution is 2.25. The van der Waals surface area contributed by atoms with Gasteiger partial charge in [0, 0.05) is 11.6 Å². The molecular weight excluding hydrogens is 226 g/mol. The number of hydrogen-bond donors (Lipinski definition) is 2. The van der Waals surface area contributed by atoms with Crippen molar-refractivity contribution in [2.75, 3.05) is 5.88 Å². The number of aromatic nitrogens is 1. The topological polar surface area (TPSA) is 53.4 Å². The van der Waals surface area contributed by atoms with Crippen LogP contribution in [0.1, 0.15) is 11.7 Å². The smallest absolute Gasteiger partial charge is 0.107 e. The molecule has 2 atom stereocenters. The van der Waals surface area contributed by atoms with Crippen molar-refractivity contribution in [2.45, 2.75) is 12.2 Å². The van der Waals surface area contributed by atoms with Crippen LogP contribution < -0.4 is 0 Å². The molecule has 1 aromatic carbocycles. The van der Waals surface area contributed by atoms with Crippen molar-refractivity contribution >= 4 is 22.5 Å². The highest BCUT2D eigenvalue weighted by molar-refractivity contribution is 6.18. The van der Waals surface area contributed by atoms with Crippen LogP contribution in [0.15, 0.2) is 36.5 Å². The Kier molecular flexibility index (Phi) is 3.39. The number of halogens is 1. The summed E-state index contributed by atoms with van der Waals surface area (Å²) in [7, 11) is 0. The van der Waals surface area contributed by atoms with E-state index in [1.807, 2.05) is 12.1 Å². The van der Waals surface area contributed by atoms with Crippen LogP contribution in [0, 0.1) is 0 Å². The van der Waals surface area contributed by atoms with Gasteiger partial charge in [-0.1, -0.05) is 18.2 Å². The summed E-state index contributed by atoms with van der Waals surface area (Å²) in [5.74, 6) is -0.00217. The molecule has 0 aliphatic carbocycles. The van der Waals surface area contributed by atoms with Crippen LogP contribution in [0.2, 0.25) is 0 Å². The maximum atomic E-state index is 9.92. The standard InChI is InChI=1S/C12H12ClNO2/c13-7-11(15)12(16)9-3-1-5-10-8(9)4-2-6-14-10/h1-6,11-12,15-16H,7H2. The number of aliphatic hydroxyl groups is 2. The van der Waals surface area contributed by atoms with Gasteiger partial charge in [-0.15, -0.1) is 11.6 Å². The van der Waals surface area contributed by atoms with Gasteiger partial charge in [0.05, 0.1) is 17.5 Å². The molecule has 0 aliphatic heterocycles. The van der Waals surface area contributed by atoms with Gasteiger partial charge in [0.1, 0.15) is 6.10 Å². The largest absolute Gasteiger partial charge is 0.389 e. The number of nitrogens with zero attached hydrogens (tertiary/aromatic N) is 1. The SMILES string of the molecule is OC(CCl)C(O)c1cccc2ncccc12. The molecule has 0 fully saturated rings. The maximum absolute atomic E-state index is 9.92. The Morgan fingerprint density at radius 1 is 1.19 bits per heavy atom. The van der Waals surface area contributed by atoms with E-state index in [-0.39, 0.29) is 5.88 Å². The zero-order valence-electron chi connectivity index (χ0n) is 8.55. The third-order valence-corrected chi connectivity index (χ3v) is 2.84. The minimum atomic E-state index is -0.981. The molecule has 1 heterocycles. The first-order chi connectivity index (χ1) is 7.74. The second-order valence-electron chi connectivity index (χ2n) is 3.58. The molecule has 0 bridgehead atoms. The van der Waals surface area contributed by atoms with Crippen LogP contribution in [-0.4, -0.2) is 27.2 Å². The van der Waals surface area contributed by atoms with Gasteiger partial charge in [0.2, 0.25) is 0 Å². The van der Waals surface area contributed by atoms with Crippen LogP contribution in [0.25, 0.3) is 10.9 Å². The fraction of sp³-hybridized carbons (Fsp3) is 0.250. The average Bonchev–Trinajstić information content (AvgIpc) is 2.36. The number of pyridine rings is 1. The minimum Gasteiger partial charge on any atom is -0.389 e. The van der Waals surface area contributed by atoms with E-state index in [2.05, 4.69) is 4.98 Å². The van der Waals surface area contributed by atoms with E-state index in [4.69, 9.17) is 11.6 Å². The summed E-state index contributed by atoms with van der Waals surface area (Å²) in [6.45, 7) is 0. The van der Waals surface area contributed by atoms with Gasteiger partial charge >= 0.3 is 0 Å². The van der Waals surface area contributed by atoms with E-state index in [1.54, 1.807) is 24.4 Å². The van der Waals surface area contributed by atoms with Gasteiger partial charge < -0.3 is 10.2 Å². The van der Waals surface area contributed by atoms with Crippen molar-refractivity contribution in [1.29, 1.82) is 0 Å². The van der Waals surface area contributed by atoms with E-state index >= 15 is 0 Å². The highest BCUT2D eigenvalue weighted by atomic mass is 35.5. The van der Waals surface area contributed by atoms with Crippen molar-refractivity contribution in [3.63, 3.8) is 0 Å². The lowest BCUT2D eigenvalue weighted by atomic mass is 10.0. The maximum Gasteiger partial charge on any atom is 0.107 e. The predicted octanol–water partition coefficient (Wildman–Crippen LogP) is 1.87.